The molecule has 0 bridgehead atoms. The minimum Gasteiger partial charge on any atom is -0.462 e. The highest BCUT2D eigenvalue weighted by molar-refractivity contribution is 6.17. The number of hydrogen-bond acceptors (Lipinski definition) is 3. The summed E-state index contributed by atoms with van der Waals surface area (Å²) in [7, 11) is 0. The molecule has 1 aromatic rings. The van der Waals surface area contributed by atoms with Crippen LogP contribution in [0.2, 0.25) is 0 Å². The fourth-order valence-electron chi connectivity index (χ4n) is 2.19. The minimum absolute atomic E-state index is 0.229. The Labute approximate surface area is 108 Å². The SMILES string of the molecule is CCOC(=O)/C(=C1/CCCCN1)c1ccccc1. The fourth-order valence-corrected chi connectivity index (χ4v) is 2.19. The van der Waals surface area contributed by atoms with Gasteiger partial charge in [-0.25, -0.2) is 4.79 Å². The monoisotopic (exact) mass is 245 g/mol. The van der Waals surface area contributed by atoms with E-state index in [1.807, 2.05) is 37.3 Å². The van der Waals surface area contributed by atoms with Gasteiger partial charge in [-0.15, -0.1) is 0 Å². The van der Waals surface area contributed by atoms with Crippen molar-refractivity contribution >= 4 is 11.5 Å². The molecule has 2 rings (SSSR count). The second-order valence-corrected chi connectivity index (χ2v) is 4.32. The molecule has 0 saturated carbocycles. The largest absolute Gasteiger partial charge is 0.462 e. The first-order valence-electron chi connectivity index (χ1n) is 6.52. The molecule has 1 N–H and O–H groups in total. The molecule has 0 aromatic heterocycles. The van der Waals surface area contributed by atoms with Gasteiger partial charge >= 0.3 is 5.97 Å². The lowest BCUT2D eigenvalue weighted by Crippen LogP contribution is -2.24. The van der Waals surface area contributed by atoms with Crippen molar-refractivity contribution < 1.29 is 9.53 Å². The van der Waals surface area contributed by atoms with Crippen molar-refractivity contribution in [3.8, 4) is 0 Å². The molecule has 0 unspecified atom stereocenters. The predicted molar refractivity (Wildman–Crippen MR) is 71.8 cm³/mol. The second kappa shape index (κ2) is 6.24. The van der Waals surface area contributed by atoms with Crippen LogP contribution < -0.4 is 5.32 Å². The molecule has 0 radical (unpaired) electrons. The number of hydrogen-bond donors (Lipinski definition) is 1. The Kier molecular flexibility index (Phi) is 4.40. The molecule has 3 nitrogen and oxygen atoms in total. The van der Waals surface area contributed by atoms with Crippen LogP contribution in [0.25, 0.3) is 5.57 Å². The number of esters is 1. The second-order valence-electron chi connectivity index (χ2n) is 4.32. The van der Waals surface area contributed by atoms with E-state index in [4.69, 9.17) is 4.74 Å². The number of allylic oxidation sites excluding steroid dienone is 1. The third-order valence-electron chi connectivity index (χ3n) is 3.04. The van der Waals surface area contributed by atoms with E-state index < -0.39 is 0 Å². The zero-order valence-electron chi connectivity index (χ0n) is 10.7. The maximum absolute atomic E-state index is 12.1. The van der Waals surface area contributed by atoms with Crippen molar-refractivity contribution in [1.29, 1.82) is 0 Å². The van der Waals surface area contributed by atoms with Crippen molar-refractivity contribution in [3.63, 3.8) is 0 Å². The maximum Gasteiger partial charge on any atom is 0.340 e. The lowest BCUT2D eigenvalue weighted by molar-refractivity contribution is -0.136. The van der Waals surface area contributed by atoms with Crippen LogP contribution in [0.5, 0.6) is 0 Å². The first-order chi connectivity index (χ1) is 8.83. The van der Waals surface area contributed by atoms with E-state index in [9.17, 15) is 4.79 Å². The fraction of sp³-hybridized carbons (Fsp3) is 0.400. The van der Waals surface area contributed by atoms with Crippen molar-refractivity contribution in [1.82, 2.24) is 5.32 Å². The van der Waals surface area contributed by atoms with Crippen LogP contribution in [0.3, 0.4) is 0 Å². The molecule has 1 aliphatic heterocycles. The van der Waals surface area contributed by atoms with Crippen LogP contribution in [-0.2, 0) is 9.53 Å². The Hall–Kier alpha value is -1.77. The Morgan fingerprint density at radius 3 is 2.67 bits per heavy atom. The molecule has 1 aliphatic rings. The van der Waals surface area contributed by atoms with Gasteiger partial charge in [0.05, 0.1) is 12.2 Å². The Bertz CT molecular complexity index is 429. The van der Waals surface area contributed by atoms with Crippen LogP contribution in [-0.4, -0.2) is 19.1 Å². The third-order valence-corrected chi connectivity index (χ3v) is 3.04. The summed E-state index contributed by atoms with van der Waals surface area (Å²) in [4.78, 5) is 12.1. The van der Waals surface area contributed by atoms with Crippen molar-refractivity contribution in [2.45, 2.75) is 26.2 Å². The van der Waals surface area contributed by atoms with Crippen LogP contribution in [0.4, 0.5) is 0 Å². The molecular formula is C15H19NO2. The summed E-state index contributed by atoms with van der Waals surface area (Å²) in [6.45, 7) is 3.17. The van der Waals surface area contributed by atoms with Crippen molar-refractivity contribution in [2.75, 3.05) is 13.2 Å². The smallest absolute Gasteiger partial charge is 0.340 e. The van der Waals surface area contributed by atoms with Crippen LogP contribution >= 0.6 is 0 Å². The van der Waals surface area contributed by atoms with Gasteiger partial charge in [0.15, 0.2) is 0 Å². The number of benzene rings is 1. The first-order valence-corrected chi connectivity index (χ1v) is 6.52. The molecule has 0 spiro atoms. The average molecular weight is 245 g/mol. The van der Waals surface area contributed by atoms with E-state index in [1.165, 1.54) is 0 Å². The molecule has 3 heteroatoms. The van der Waals surface area contributed by atoms with E-state index in [-0.39, 0.29) is 5.97 Å². The predicted octanol–water partition coefficient (Wildman–Crippen LogP) is 2.73. The molecular weight excluding hydrogens is 226 g/mol. The van der Waals surface area contributed by atoms with Crippen LogP contribution in [0.1, 0.15) is 31.7 Å². The molecule has 18 heavy (non-hydrogen) atoms. The van der Waals surface area contributed by atoms with Gasteiger partial charge in [0.2, 0.25) is 0 Å². The lowest BCUT2D eigenvalue weighted by Gasteiger charge is -2.20. The van der Waals surface area contributed by atoms with E-state index >= 15 is 0 Å². The Morgan fingerprint density at radius 1 is 1.28 bits per heavy atom. The summed E-state index contributed by atoms with van der Waals surface area (Å²) >= 11 is 0. The molecule has 96 valence electrons. The first kappa shape index (κ1) is 12.7. The summed E-state index contributed by atoms with van der Waals surface area (Å²) in [6, 6.07) is 9.74. The summed E-state index contributed by atoms with van der Waals surface area (Å²) in [5.41, 5.74) is 2.64. The summed E-state index contributed by atoms with van der Waals surface area (Å²) in [6.07, 6.45) is 3.20. The topological polar surface area (TPSA) is 38.3 Å². The molecule has 1 aromatic carbocycles. The summed E-state index contributed by atoms with van der Waals surface area (Å²) in [5.74, 6) is -0.229. The van der Waals surface area contributed by atoms with Gasteiger partial charge in [0, 0.05) is 12.2 Å². The molecule has 1 saturated heterocycles. The number of rotatable bonds is 3. The van der Waals surface area contributed by atoms with Gasteiger partial charge in [-0.3, -0.25) is 0 Å². The van der Waals surface area contributed by atoms with Crippen LogP contribution in [0, 0.1) is 0 Å². The van der Waals surface area contributed by atoms with Gasteiger partial charge in [-0.1, -0.05) is 30.3 Å². The van der Waals surface area contributed by atoms with E-state index in [0.717, 1.165) is 37.1 Å². The van der Waals surface area contributed by atoms with E-state index in [1.54, 1.807) is 0 Å². The summed E-state index contributed by atoms with van der Waals surface area (Å²) < 4.78 is 5.17. The number of ether oxygens (including phenoxy) is 1. The Morgan fingerprint density at radius 2 is 2.06 bits per heavy atom. The Balaban J connectivity index is 2.37. The number of nitrogens with one attached hydrogen (secondary N) is 1. The maximum atomic E-state index is 12.1. The van der Waals surface area contributed by atoms with E-state index in [0.29, 0.717) is 12.2 Å². The van der Waals surface area contributed by atoms with Gasteiger partial charge in [0.1, 0.15) is 0 Å². The number of piperidine rings is 1. The highest BCUT2D eigenvalue weighted by atomic mass is 16.5. The van der Waals surface area contributed by atoms with Gasteiger partial charge in [0.25, 0.3) is 0 Å². The summed E-state index contributed by atoms with van der Waals surface area (Å²) in [5, 5.41) is 3.34. The third kappa shape index (κ3) is 2.92. The molecule has 0 atom stereocenters. The highest BCUT2D eigenvalue weighted by Crippen LogP contribution is 2.24. The average Bonchev–Trinajstić information content (AvgIpc) is 2.42. The number of carbonyl (C=O) groups is 1. The molecule has 0 aliphatic carbocycles. The van der Waals surface area contributed by atoms with Crippen molar-refractivity contribution in [2.24, 2.45) is 0 Å². The van der Waals surface area contributed by atoms with Gasteiger partial charge < -0.3 is 10.1 Å². The molecule has 1 heterocycles. The quantitative estimate of drug-likeness (QED) is 0.657. The zero-order chi connectivity index (χ0) is 12.8. The molecule has 1 fully saturated rings. The van der Waals surface area contributed by atoms with Gasteiger partial charge in [-0.05, 0) is 31.7 Å². The number of carbonyl (C=O) groups excluding carboxylic acids is 1. The molecule has 0 amide bonds. The standard InChI is InChI=1S/C15H19NO2/c1-2-18-15(17)14(12-8-4-3-5-9-12)13-10-6-7-11-16-13/h3-5,8-9,16H,2,6-7,10-11H2,1H3/b14-13-. The van der Waals surface area contributed by atoms with Crippen molar-refractivity contribution in [3.05, 3.63) is 41.6 Å². The minimum atomic E-state index is -0.229. The van der Waals surface area contributed by atoms with Crippen LogP contribution in [0.15, 0.2) is 36.0 Å². The normalized spacial score (nSPS) is 17.8. The van der Waals surface area contributed by atoms with Gasteiger partial charge in [-0.2, -0.15) is 0 Å². The lowest BCUT2D eigenvalue weighted by atomic mass is 9.98. The zero-order valence-corrected chi connectivity index (χ0v) is 10.7. The van der Waals surface area contributed by atoms with E-state index in [2.05, 4.69) is 5.32 Å². The highest BCUT2D eigenvalue weighted by Gasteiger charge is 2.20.